The molecule has 0 radical (unpaired) electrons. The Kier molecular flexibility index (Phi) is 6.97. The number of benzene rings is 1. The lowest BCUT2D eigenvalue weighted by molar-refractivity contribution is -0.141. The summed E-state index contributed by atoms with van der Waals surface area (Å²) >= 11 is 0. The molecule has 3 amide bonds. The molecule has 3 atom stereocenters. The van der Waals surface area contributed by atoms with Crippen LogP contribution in [-0.2, 0) is 16.0 Å². The van der Waals surface area contributed by atoms with Gasteiger partial charge in [-0.15, -0.1) is 0 Å². The number of hydrogen-bond acceptors (Lipinski definition) is 5. The molecule has 0 saturated heterocycles. The first kappa shape index (κ1) is 27.0. The van der Waals surface area contributed by atoms with Gasteiger partial charge in [0.2, 0.25) is 5.91 Å². The molecule has 4 N–H and O–H groups in total. The summed E-state index contributed by atoms with van der Waals surface area (Å²) in [5, 5.41) is 24.2. The average Bonchev–Trinajstić information content (AvgIpc) is 3.80. The van der Waals surface area contributed by atoms with Crippen molar-refractivity contribution >= 4 is 23.4 Å². The second kappa shape index (κ2) is 10.3. The molecule has 0 aliphatic heterocycles. The van der Waals surface area contributed by atoms with Gasteiger partial charge in [0.05, 0.1) is 6.04 Å². The number of amides is 3. The minimum absolute atomic E-state index is 0.0329. The van der Waals surface area contributed by atoms with Crippen molar-refractivity contribution in [3.05, 3.63) is 47.3 Å². The number of hydrogen-bond donors (Lipinski definition) is 4. The van der Waals surface area contributed by atoms with Gasteiger partial charge in [-0.2, -0.15) is 5.10 Å². The normalized spacial score (nSPS) is 22.5. The van der Waals surface area contributed by atoms with Gasteiger partial charge in [0.25, 0.3) is 11.8 Å². The second-order valence-electron chi connectivity index (χ2n) is 12.8. The highest BCUT2D eigenvalue weighted by Crippen LogP contribution is 2.51. The predicted molar refractivity (Wildman–Crippen MR) is 150 cm³/mol. The maximum atomic E-state index is 13.8. The summed E-state index contributed by atoms with van der Waals surface area (Å²) in [4.78, 5) is 39.9. The number of carbonyl (C=O) groups is 3. The van der Waals surface area contributed by atoms with Gasteiger partial charge >= 0.3 is 0 Å². The van der Waals surface area contributed by atoms with E-state index in [4.69, 9.17) is 0 Å². The van der Waals surface area contributed by atoms with Crippen LogP contribution >= 0.6 is 0 Å². The third-order valence-corrected chi connectivity index (χ3v) is 9.30. The van der Waals surface area contributed by atoms with Gasteiger partial charge in [0, 0.05) is 17.9 Å². The van der Waals surface area contributed by atoms with Crippen molar-refractivity contribution in [3.63, 3.8) is 0 Å². The number of nitrogens with zero attached hydrogens (tertiary/aromatic N) is 2. The zero-order valence-electron chi connectivity index (χ0n) is 23.7. The van der Waals surface area contributed by atoms with Crippen molar-refractivity contribution < 1.29 is 19.5 Å². The number of fused-ring (bicyclic) bond motifs is 1. The van der Waals surface area contributed by atoms with E-state index in [1.807, 2.05) is 32.0 Å². The smallest absolute Gasteiger partial charge is 0.270 e. The molecule has 1 aromatic carbocycles. The molecular weight excluding hydrogens is 506 g/mol. The third-order valence-electron chi connectivity index (χ3n) is 9.30. The largest absolute Gasteiger partial charge is 0.380 e. The summed E-state index contributed by atoms with van der Waals surface area (Å²) in [5.74, 6) is 0.344. The second-order valence-corrected chi connectivity index (χ2v) is 12.8. The monoisotopic (exact) mass is 547 g/mol. The van der Waals surface area contributed by atoms with Crippen LogP contribution in [-0.4, -0.2) is 44.3 Å². The van der Waals surface area contributed by atoms with Gasteiger partial charge in [-0.05, 0) is 125 Å². The zero-order valence-corrected chi connectivity index (χ0v) is 23.7. The lowest BCUT2D eigenvalue weighted by Crippen LogP contribution is -2.50. The van der Waals surface area contributed by atoms with Crippen molar-refractivity contribution in [3.8, 4) is 0 Å². The predicted octanol–water partition coefficient (Wildman–Crippen LogP) is 3.90. The molecule has 214 valence electrons. The van der Waals surface area contributed by atoms with E-state index in [9.17, 15) is 19.5 Å². The number of carbonyl (C=O) groups excluding carboxylic acids is 3. The first-order chi connectivity index (χ1) is 19.1. The third kappa shape index (κ3) is 5.40. The van der Waals surface area contributed by atoms with Crippen molar-refractivity contribution in [1.29, 1.82) is 0 Å². The van der Waals surface area contributed by atoms with Crippen molar-refractivity contribution in [2.24, 2.45) is 23.7 Å². The molecule has 1 unspecified atom stereocenters. The molecule has 4 aliphatic rings. The van der Waals surface area contributed by atoms with E-state index in [1.165, 1.54) is 0 Å². The molecule has 0 bridgehead atoms. The van der Waals surface area contributed by atoms with Crippen molar-refractivity contribution in [2.75, 3.05) is 5.32 Å². The van der Waals surface area contributed by atoms with Gasteiger partial charge < -0.3 is 21.1 Å². The van der Waals surface area contributed by atoms with Crippen LogP contribution in [0.15, 0.2) is 30.5 Å². The highest BCUT2D eigenvalue weighted by Gasteiger charge is 2.49. The lowest BCUT2D eigenvalue weighted by Gasteiger charge is -2.28. The van der Waals surface area contributed by atoms with E-state index in [0.717, 1.165) is 62.5 Å². The van der Waals surface area contributed by atoms with Gasteiger partial charge in [0.15, 0.2) is 0 Å². The summed E-state index contributed by atoms with van der Waals surface area (Å²) in [5.41, 5.74) is 1.93. The fourth-order valence-electron chi connectivity index (χ4n) is 6.55. The molecule has 9 nitrogen and oxygen atoms in total. The summed E-state index contributed by atoms with van der Waals surface area (Å²) in [6, 6.07) is 6.78. The van der Waals surface area contributed by atoms with Gasteiger partial charge in [-0.3, -0.25) is 19.1 Å². The minimum Gasteiger partial charge on any atom is -0.380 e. The Morgan fingerprint density at radius 1 is 1.02 bits per heavy atom. The number of nitrogens with one attached hydrogen (secondary N) is 3. The average molecular weight is 548 g/mol. The van der Waals surface area contributed by atoms with E-state index in [0.29, 0.717) is 23.2 Å². The van der Waals surface area contributed by atoms with Crippen LogP contribution in [0, 0.1) is 23.7 Å². The van der Waals surface area contributed by atoms with E-state index in [2.05, 4.69) is 21.0 Å². The number of rotatable bonds is 11. The molecule has 2 aromatic rings. The summed E-state index contributed by atoms with van der Waals surface area (Å²) in [6.07, 6.45) is 9.33. The Hall–Kier alpha value is -3.20. The van der Waals surface area contributed by atoms with Crippen molar-refractivity contribution in [2.45, 2.75) is 95.9 Å². The SMILES string of the molecule is CC(C)n1nccc1C(=O)N[C@H](C(=O)Nc1ccc2c(c1)CC[C@H]2NC(=O)C(C)(O)C1CC1)C(C1CC1)C1CC1. The molecule has 4 aliphatic carbocycles. The quantitative estimate of drug-likeness (QED) is 0.340. The van der Waals surface area contributed by atoms with Crippen LogP contribution in [0.3, 0.4) is 0 Å². The standard InChI is InChI=1S/C31H41N5O4/c1-17(2)36-25(14-15-32-36)28(37)35-27(26(18-4-5-18)19-6-7-19)29(38)33-22-11-12-23-20(16-22)8-13-24(23)34-30(39)31(3,40)21-9-10-21/h11-12,14-19,21,24,26-27,40H,4-10,13H2,1-3H3,(H,33,38)(H,34,39)(H,35,37)/t24-,27+,31?/m1/s1. The maximum absolute atomic E-state index is 13.8. The van der Waals surface area contributed by atoms with Crippen LogP contribution in [0.1, 0.15) is 99.4 Å². The Balaban J connectivity index is 1.17. The summed E-state index contributed by atoms with van der Waals surface area (Å²) < 4.78 is 1.69. The van der Waals surface area contributed by atoms with Crippen LogP contribution in [0.2, 0.25) is 0 Å². The fourth-order valence-corrected chi connectivity index (χ4v) is 6.55. The Bertz CT molecular complexity index is 1290. The van der Waals surface area contributed by atoms with E-state index >= 15 is 0 Å². The van der Waals surface area contributed by atoms with Crippen LogP contribution in [0.5, 0.6) is 0 Å². The van der Waals surface area contributed by atoms with Gasteiger partial charge in [-0.1, -0.05) is 6.07 Å². The van der Waals surface area contributed by atoms with Crippen molar-refractivity contribution in [1.82, 2.24) is 20.4 Å². The van der Waals surface area contributed by atoms with E-state index < -0.39 is 11.6 Å². The Morgan fingerprint density at radius 3 is 2.35 bits per heavy atom. The van der Waals surface area contributed by atoms with Crippen LogP contribution in [0.25, 0.3) is 0 Å². The van der Waals surface area contributed by atoms with Gasteiger partial charge in [0.1, 0.15) is 17.3 Å². The number of anilines is 1. The molecule has 9 heteroatoms. The molecule has 40 heavy (non-hydrogen) atoms. The summed E-state index contributed by atoms with van der Waals surface area (Å²) in [7, 11) is 0. The minimum atomic E-state index is -1.33. The number of aryl methyl sites for hydroxylation is 1. The fraction of sp³-hybridized carbons (Fsp3) is 0.613. The maximum Gasteiger partial charge on any atom is 0.270 e. The molecule has 0 spiro atoms. The summed E-state index contributed by atoms with van der Waals surface area (Å²) in [6.45, 7) is 5.56. The topological polar surface area (TPSA) is 125 Å². The van der Waals surface area contributed by atoms with Crippen LogP contribution in [0.4, 0.5) is 5.69 Å². The Morgan fingerprint density at radius 2 is 1.73 bits per heavy atom. The molecule has 3 fully saturated rings. The van der Waals surface area contributed by atoms with Gasteiger partial charge in [-0.25, -0.2) is 0 Å². The molecule has 3 saturated carbocycles. The molecule has 6 rings (SSSR count). The van der Waals surface area contributed by atoms with E-state index in [1.54, 1.807) is 23.9 Å². The first-order valence-corrected chi connectivity index (χ1v) is 14.9. The highest BCUT2D eigenvalue weighted by atomic mass is 16.3. The molecule has 1 heterocycles. The highest BCUT2D eigenvalue weighted by molar-refractivity contribution is 6.01. The molecule has 1 aromatic heterocycles. The zero-order chi connectivity index (χ0) is 28.2. The van der Waals surface area contributed by atoms with Crippen LogP contribution < -0.4 is 16.0 Å². The molecular formula is C31H41N5O4. The lowest BCUT2D eigenvalue weighted by atomic mass is 9.88. The Labute approximate surface area is 235 Å². The number of aliphatic hydroxyl groups is 1. The van der Waals surface area contributed by atoms with E-state index in [-0.39, 0.29) is 41.6 Å². The number of aromatic nitrogens is 2. The first-order valence-electron chi connectivity index (χ1n) is 14.9.